The van der Waals surface area contributed by atoms with Crippen LogP contribution in [0, 0.1) is 0 Å². The van der Waals surface area contributed by atoms with Gasteiger partial charge in [0, 0.05) is 11.6 Å². The molecule has 1 N–H and O–H groups in total. The summed E-state index contributed by atoms with van der Waals surface area (Å²) in [5.74, 6) is 0.316. The van der Waals surface area contributed by atoms with Gasteiger partial charge in [0.2, 0.25) is 10.0 Å². The number of rotatable bonds is 8. The zero-order chi connectivity index (χ0) is 21.6. The SMILES string of the molecule is CCCOc1ccc(C=NNC(=O)[C@@H]2CCCN2S(=O)(=O)c2ccc(Cl)cc2)cc1. The molecule has 0 radical (unpaired) electrons. The van der Waals surface area contributed by atoms with Gasteiger partial charge in [-0.25, -0.2) is 13.8 Å². The summed E-state index contributed by atoms with van der Waals surface area (Å²) in [6, 6.07) is 12.4. The van der Waals surface area contributed by atoms with Crippen LogP contribution in [0.15, 0.2) is 58.5 Å². The Morgan fingerprint density at radius 3 is 2.60 bits per heavy atom. The van der Waals surface area contributed by atoms with Gasteiger partial charge in [-0.05, 0) is 73.4 Å². The Morgan fingerprint density at radius 2 is 1.93 bits per heavy atom. The van der Waals surface area contributed by atoms with Gasteiger partial charge in [-0.3, -0.25) is 4.79 Å². The first-order chi connectivity index (χ1) is 14.4. The van der Waals surface area contributed by atoms with Crippen molar-refractivity contribution in [2.24, 2.45) is 5.10 Å². The van der Waals surface area contributed by atoms with Gasteiger partial charge < -0.3 is 4.74 Å². The Hall–Kier alpha value is -2.42. The Kier molecular flexibility index (Phi) is 7.47. The van der Waals surface area contributed by atoms with Crippen molar-refractivity contribution < 1.29 is 17.9 Å². The maximum Gasteiger partial charge on any atom is 0.258 e. The minimum atomic E-state index is -3.79. The fraction of sp³-hybridized carbons (Fsp3) is 0.333. The molecule has 1 heterocycles. The number of hydrogen-bond donors (Lipinski definition) is 1. The van der Waals surface area contributed by atoms with E-state index in [0.717, 1.165) is 17.7 Å². The maximum atomic E-state index is 12.9. The largest absolute Gasteiger partial charge is 0.494 e. The number of ether oxygens (including phenoxy) is 1. The molecule has 160 valence electrons. The zero-order valence-electron chi connectivity index (χ0n) is 16.6. The highest BCUT2D eigenvalue weighted by molar-refractivity contribution is 7.89. The second-order valence-corrected chi connectivity index (χ2v) is 9.21. The molecular formula is C21H24ClN3O4S. The standard InChI is InChI=1S/C21H24ClN3O4S/c1-2-14-29-18-9-5-16(6-10-18)15-23-24-21(26)20-4-3-13-25(20)30(27,28)19-11-7-17(22)8-12-19/h5-12,15,20H,2-4,13-14H2,1H3,(H,24,26)/t20-/m0/s1. The molecule has 2 aromatic rings. The Balaban J connectivity index is 1.63. The van der Waals surface area contributed by atoms with Crippen LogP contribution < -0.4 is 10.2 Å². The lowest BCUT2D eigenvalue weighted by Gasteiger charge is -2.22. The minimum Gasteiger partial charge on any atom is -0.494 e. The predicted octanol–water partition coefficient (Wildman–Crippen LogP) is 3.43. The van der Waals surface area contributed by atoms with E-state index in [1.54, 1.807) is 0 Å². The molecule has 2 aromatic carbocycles. The number of hydrazone groups is 1. The van der Waals surface area contributed by atoms with E-state index in [4.69, 9.17) is 16.3 Å². The van der Waals surface area contributed by atoms with Crippen molar-refractivity contribution in [2.75, 3.05) is 13.2 Å². The van der Waals surface area contributed by atoms with E-state index in [2.05, 4.69) is 10.5 Å². The van der Waals surface area contributed by atoms with Crippen LogP contribution in [-0.2, 0) is 14.8 Å². The molecule has 0 bridgehead atoms. The van der Waals surface area contributed by atoms with Gasteiger partial charge in [-0.1, -0.05) is 18.5 Å². The molecule has 1 fully saturated rings. The fourth-order valence-electron chi connectivity index (χ4n) is 3.15. The summed E-state index contributed by atoms with van der Waals surface area (Å²) in [6.07, 6.45) is 3.49. The first kappa shape index (κ1) is 22.3. The van der Waals surface area contributed by atoms with Crippen LogP contribution >= 0.6 is 11.6 Å². The topological polar surface area (TPSA) is 88.1 Å². The van der Waals surface area contributed by atoms with Crippen LogP contribution in [-0.4, -0.2) is 44.0 Å². The first-order valence-corrected chi connectivity index (χ1v) is 11.6. The zero-order valence-corrected chi connectivity index (χ0v) is 18.2. The average Bonchev–Trinajstić information content (AvgIpc) is 3.24. The fourth-order valence-corrected chi connectivity index (χ4v) is 4.93. The van der Waals surface area contributed by atoms with Crippen molar-refractivity contribution in [3.8, 4) is 5.75 Å². The molecule has 0 saturated carbocycles. The lowest BCUT2D eigenvalue weighted by atomic mass is 10.2. The molecule has 0 aromatic heterocycles. The van der Waals surface area contributed by atoms with Gasteiger partial charge in [-0.15, -0.1) is 0 Å². The van der Waals surface area contributed by atoms with Gasteiger partial charge in [0.1, 0.15) is 11.8 Å². The van der Waals surface area contributed by atoms with Crippen molar-refractivity contribution in [2.45, 2.75) is 37.1 Å². The van der Waals surface area contributed by atoms with E-state index in [-0.39, 0.29) is 11.4 Å². The van der Waals surface area contributed by atoms with Gasteiger partial charge >= 0.3 is 0 Å². The van der Waals surface area contributed by atoms with Crippen LogP contribution in [0.1, 0.15) is 31.7 Å². The molecule has 0 aliphatic carbocycles. The molecule has 1 aliphatic heterocycles. The molecule has 1 atom stereocenters. The number of nitrogens with zero attached hydrogens (tertiary/aromatic N) is 2. The quantitative estimate of drug-likeness (QED) is 0.494. The van der Waals surface area contributed by atoms with Gasteiger partial charge in [0.25, 0.3) is 5.91 Å². The van der Waals surface area contributed by atoms with E-state index in [0.29, 0.717) is 24.5 Å². The Labute approximate surface area is 181 Å². The molecule has 1 amide bonds. The summed E-state index contributed by atoms with van der Waals surface area (Å²) in [5, 5.41) is 4.42. The van der Waals surface area contributed by atoms with Crippen LogP contribution in [0.5, 0.6) is 5.75 Å². The Morgan fingerprint density at radius 1 is 1.23 bits per heavy atom. The molecule has 9 heteroatoms. The van der Waals surface area contributed by atoms with Crippen LogP contribution in [0.25, 0.3) is 0 Å². The van der Waals surface area contributed by atoms with Gasteiger partial charge in [0.15, 0.2) is 0 Å². The molecule has 0 unspecified atom stereocenters. The van der Waals surface area contributed by atoms with Crippen molar-refractivity contribution in [3.63, 3.8) is 0 Å². The Bertz CT molecular complexity index is 992. The van der Waals surface area contributed by atoms with E-state index >= 15 is 0 Å². The highest BCUT2D eigenvalue weighted by Crippen LogP contribution is 2.27. The molecular weight excluding hydrogens is 426 g/mol. The highest BCUT2D eigenvalue weighted by atomic mass is 35.5. The lowest BCUT2D eigenvalue weighted by Crippen LogP contribution is -2.44. The maximum absolute atomic E-state index is 12.9. The number of sulfonamides is 1. The summed E-state index contributed by atoms with van der Waals surface area (Å²) in [6.45, 7) is 2.97. The molecule has 1 aliphatic rings. The number of hydrogen-bond acceptors (Lipinski definition) is 5. The normalized spacial score (nSPS) is 17.3. The van der Waals surface area contributed by atoms with E-state index in [1.807, 2.05) is 31.2 Å². The smallest absolute Gasteiger partial charge is 0.258 e. The van der Waals surface area contributed by atoms with Crippen LogP contribution in [0.3, 0.4) is 0 Å². The lowest BCUT2D eigenvalue weighted by molar-refractivity contribution is -0.124. The molecule has 0 spiro atoms. The summed E-state index contributed by atoms with van der Waals surface area (Å²) in [7, 11) is -3.79. The van der Waals surface area contributed by atoms with Crippen molar-refractivity contribution in [3.05, 3.63) is 59.1 Å². The summed E-state index contributed by atoms with van der Waals surface area (Å²) < 4.78 is 32.6. The van der Waals surface area contributed by atoms with Gasteiger partial charge in [0.05, 0.1) is 17.7 Å². The monoisotopic (exact) mass is 449 g/mol. The molecule has 3 rings (SSSR count). The molecule has 1 saturated heterocycles. The van der Waals surface area contributed by atoms with E-state index < -0.39 is 22.0 Å². The van der Waals surface area contributed by atoms with E-state index in [9.17, 15) is 13.2 Å². The second-order valence-electron chi connectivity index (χ2n) is 6.88. The summed E-state index contributed by atoms with van der Waals surface area (Å²) in [5.41, 5.74) is 3.24. The number of carbonyl (C=O) groups excluding carboxylic acids is 1. The number of amides is 1. The van der Waals surface area contributed by atoms with E-state index in [1.165, 1.54) is 34.8 Å². The summed E-state index contributed by atoms with van der Waals surface area (Å²) >= 11 is 5.84. The molecule has 7 nitrogen and oxygen atoms in total. The highest BCUT2D eigenvalue weighted by Gasteiger charge is 2.39. The van der Waals surface area contributed by atoms with Crippen molar-refractivity contribution >= 4 is 33.7 Å². The van der Waals surface area contributed by atoms with Crippen molar-refractivity contribution in [1.82, 2.24) is 9.73 Å². The van der Waals surface area contributed by atoms with Crippen LogP contribution in [0.2, 0.25) is 5.02 Å². The second kappa shape index (κ2) is 10.1. The van der Waals surface area contributed by atoms with Crippen LogP contribution in [0.4, 0.5) is 0 Å². The number of carbonyl (C=O) groups is 1. The van der Waals surface area contributed by atoms with Crippen molar-refractivity contribution in [1.29, 1.82) is 0 Å². The predicted molar refractivity (Wildman–Crippen MR) is 116 cm³/mol. The first-order valence-electron chi connectivity index (χ1n) is 9.75. The summed E-state index contributed by atoms with van der Waals surface area (Å²) in [4.78, 5) is 12.7. The molecule has 30 heavy (non-hydrogen) atoms. The third-order valence-corrected chi connectivity index (χ3v) is 6.84. The average molecular weight is 450 g/mol. The minimum absolute atomic E-state index is 0.112. The third kappa shape index (κ3) is 5.38. The number of nitrogens with one attached hydrogen (secondary N) is 1. The van der Waals surface area contributed by atoms with Gasteiger partial charge in [-0.2, -0.15) is 9.41 Å². The number of benzene rings is 2. The number of halogens is 1. The third-order valence-electron chi connectivity index (χ3n) is 4.67.